The molecule has 0 radical (unpaired) electrons. The molecular weight excluding hydrogens is 424 g/mol. The topological polar surface area (TPSA) is 49.0 Å². The number of rotatable bonds is 7. The van der Waals surface area contributed by atoms with Gasteiger partial charge in [0.2, 0.25) is 0 Å². The molecular formula is C25H29ClN4S. The summed E-state index contributed by atoms with van der Waals surface area (Å²) >= 11 is 8.31. The van der Waals surface area contributed by atoms with Gasteiger partial charge >= 0.3 is 0 Å². The number of nitrogens with zero attached hydrogens (tertiary/aromatic N) is 1. The van der Waals surface area contributed by atoms with E-state index < -0.39 is 0 Å². The van der Waals surface area contributed by atoms with Crippen LogP contribution >= 0.6 is 22.9 Å². The van der Waals surface area contributed by atoms with Crippen LogP contribution in [0, 0.1) is 12.8 Å². The molecule has 0 bridgehead atoms. The lowest BCUT2D eigenvalue weighted by Crippen LogP contribution is -2.16. The quantitative estimate of drug-likeness (QED) is 0.418. The zero-order valence-corrected chi connectivity index (χ0v) is 19.5. The highest BCUT2D eigenvalue weighted by Gasteiger charge is 2.21. The predicted octanol–water partition coefficient (Wildman–Crippen LogP) is 5.89. The summed E-state index contributed by atoms with van der Waals surface area (Å²) in [6.07, 6.45) is 4.78. The van der Waals surface area contributed by atoms with Crippen molar-refractivity contribution in [3.05, 3.63) is 63.0 Å². The third-order valence-corrected chi connectivity index (χ3v) is 7.46. The van der Waals surface area contributed by atoms with Crippen LogP contribution in [0.15, 0.2) is 36.4 Å². The van der Waals surface area contributed by atoms with E-state index in [1.807, 2.05) is 6.07 Å². The van der Waals surface area contributed by atoms with Gasteiger partial charge in [0.05, 0.1) is 16.4 Å². The Hall–Kier alpha value is -2.08. The molecule has 162 valence electrons. The monoisotopic (exact) mass is 452 g/mol. The van der Waals surface area contributed by atoms with Crippen LogP contribution in [0.1, 0.15) is 34.4 Å². The van der Waals surface area contributed by atoms with Gasteiger partial charge in [0, 0.05) is 23.5 Å². The minimum atomic E-state index is 0.758. The number of hydrogen-bond acceptors (Lipinski definition) is 5. The molecule has 3 aromatic rings. The van der Waals surface area contributed by atoms with Crippen molar-refractivity contribution < 1.29 is 0 Å². The van der Waals surface area contributed by atoms with Crippen LogP contribution in [0.2, 0.25) is 5.02 Å². The molecule has 1 fully saturated rings. The smallest absolute Gasteiger partial charge is 0.183 e. The molecule has 0 amide bonds. The first-order valence-electron chi connectivity index (χ1n) is 11.2. The van der Waals surface area contributed by atoms with Crippen molar-refractivity contribution in [1.29, 1.82) is 0 Å². The van der Waals surface area contributed by atoms with Crippen molar-refractivity contribution in [2.24, 2.45) is 5.92 Å². The Labute approximate surface area is 193 Å². The van der Waals surface area contributed by atoms with E-state index in [4.69, 9.17) is 16.6 Å². The van der Waals surface area contributed by atoms with Gasteiger partial charge in [-0.3, -0.25) is 0 Å². The second-order valence-electron chi connectivity index (χ2n) is 8.61. The summed E-state index contributed by atoms with van der Waals surface area (Å²) in [5, 5.41) is 12.4. The Morgan fingerprint density at radius 3 is 2.68 bits per heavy atom. The van der Waals surface area contributed by atoms with Crippen LogP contribution in [-0.4, -0.2) is 24.6 Å². The fraction of sp³-hybridized carbons (Fsp3) is 0.400. The largest absolute Gasteiger partial charge is 0.380 e. The van der Waals surface area contributed by atoms with E-state index in [-0.39, 0.29) is 0 Å². The van der Waals surface area contributed by atoms with Gasteiger partial charge in [0.1, 0.15) is 0 Å². The zero-order chi connectivity index (χ0) is 21.2. The predicted molar refractivity (Wildman–Crippen MR) is 133 cm³/mol. The number of thiazole rings is 1. The number of halogens is 1. The summed E-state index contributed by atoms with van der Waals surface area (Å²) in [5.74, 6) is 0.851. The molecule has 3 N–H and O–H groups in total. The van der Waals surface area contributed by atoms with Crippen molar-refractivity contribution in [2.45, 2.75) is 39.2 Å². The fourth-order valence-corrected chi connectivity index (χ4v) is 5.29. The second-order valence-corrected chi connectivity index (χ2v) is 10.2. The SMILES string of the molecule is Cc1sc(NCC2CC2)nc1-c1ccc(CNc2c(Cl)ccc3c2CCNCC3)cc1. The van der Waals surface area contributed by atoms with Crippen LogP contribution < -0.4 is 16.0 Å². The number of anilines is 2. The van der Waals surface area contributed by atoms with Gasteiger partial charge in [-0.1, -0.05) is 41.9 Å². The summed E-state index contributed by atoms with van der Waals surface area (Å²) < 4.78 is 0. The van der Waals surface area contributed by atoms with E-state index >= 15 is 0 Å². The molecule has 1 aromatic heterocycles. The zero-order valence-electron chi connectivity index (χ0n) is 17.9. The molecule has 1 aliphatic heterocycles. The first-order chi connectivity index (χ1) is 15.2. The summed E-state index contributed by atoms with van der Waals surface area (Å²) in [4.78, 5) is 6.10. The number of aryl methyl sites for hydroxylation is 1. The molecule has 0 atom stereocenters. The summed E-state index contributed by atoms with van der Waals surface area (Å²) in [5.41, 5.74) is 7.36. The second kappa shape index (κ2) is 9.19. The van der Waals surface area contributed by atoms with Gasteiger partial charge in [-0.05, 0) is 74.4 Å². The molecule has 1 aliphatic carbocycles. The summed E-state index contributed by atoms with van der Waals surface area (Å²) in [7, 11) is 0. The third-order valence-electron chi connectivity index (χ3n) is 6.21. The van der Waals surface area contributed by atoms with Gasteiger partial charge in [-0.25, -0.2) is 4.98 Å². The van der Waals surface area contributed by atoms with Gasteiger partial charge in [-0.15, -0.1) is 11.3 Å². The van der Waals surface area contributed by atoms with Crippen molar-refractivity contribution in [3.63, 3.8) is 0 Å². The van der Waals surface area contributed by atoms with Crippen molar-refractivity contribution >= 4 is 33.8 Å². The standard InChI is InChI=1S/C25H29ClN4S/c1-16-23(30-25(31-16)29-15-17-2-3-17)20-6-4-18(5-7-20)14-28-24-21-11-13-27-12-10-19(21)8-9-22(24)26/h4-9,17,27-28H,2-3,10-15H2,1H3,(H,29,30). The Morgan fingerprint density at radius 1 is 1.06 bits per heavy atom. The molecule has 6 heteroatoms. The molecule has 0 saturated heterocycles. The highest BCUT2D eigenvalue weighted by atomic mass is 35.5. The van der Waals surface area contributed by atoms with E-state index in [0.717, 1.165) is 66.5 Å². The minimum absolute atomic E-state index is 0.758. The highest BCUT2D eigenvalue weighted by Crippen LogP contribution is 2.34. The molecule has 31 heavy (non-hydrogen) atoms. The molecule has 0 spiro atoms. The molecule has 2 aromatic carbocycles. The average molecular weight is 453 g/mol. The Morgan fingerprint density at radius 2 is 1.87 bits per heavy atom. The Kier molecular flexibility index (Phi) is 6.17. The highest BCUT2D eigenvalue weighted by molar-refractivity contribution is 7.16. The lowest BCUT2D eigenvalue weighted by Gasteiger charge is -2.16. The van der Waals surface area contributed by atoms with Crippen LogP contribution in [0.4, 0.5) is 10.8 Å². The lowest BCUT2D eigenvalue weighted by molar-refractivity contribution is 0.711. The van der Waals surface area contributed by atoms with E-state index in [1.165, 1.54) is 40.0 Å². The summed E-state index contributed by atoms with van der Waals surface area (Å²) in [6, 6.07) is 12.9. The van der Waals surface area contributed by atoms with Crippen LogP contribution in [0.25, 0.3) is 11.3 Å². The normalized spacial score (nSPS) is 15.9. The van der Waals surface area contributed by atoms with Gasteiger partial charge < -0.3 is 16.0 Å². The number of aromatic nitrogens is 1. The Balaban J connectivity index is 1.27. The first kappa shape index (κ1) is 20.8. The minimum Gasteiger partial charge on any atom is -0.380 e. The van der Waals surface area contributed by atoms with Crippen molar-refractivity contribution in [1.82, 2.24) is 10.3 Å². The maximum absolute atomic E-state index is 6.56. The van der Waals surface area contributed by atoms with Crippen molar-refractivity contribution in [2.75, 3.05) is 30.3 Å². The number of fused-ring (bicyclic) bond motifs is 1. The van der Waals surface area contributed by atoms with Crippen LogP contribution in [0.5, 0.6) is 0 Å². The van der Waals surface area contributed by atoms with Crippen LogP contribution in [-0.2, 0) is 19.4 Å². The number of hydrogen-bond donors (Lipinski definition) is 3. The van der Waals surface area contributed by atoms with Gasteiger partial charge in [0.25, 0.3) is 0 Å². The maximum Gasteiger partial charge on any atom is 0.183 e. The van der Waals surface area contributed by atoms with E-state index in [0.29, 0.717) is 0 Å². The number of benzene rings is 2. The Bertz CT molecular complexity index is 1060. The van der Waals surface area contributed by atoms with Gasteiger partial charge in [0.15, 0.2) is 5.13 Å². The fourth-order valence-electron chi connectivity index (χ4n) is 4.20. The maximum atomic E-state index is 6.56. The molecule has 4 nitrogen and oxygen atoms in total. The third kappa shape index (κ3) is 4.89. The van der Waals surface area contributed by atoms with E-state index in [2.05, 4.69) is 53.2 Å². The van der Waals surface area contributed by atoms with Crippen LogP contribution in [0.3, 0.4) is 0 Å². The number of nitrogens with one attached hydrogen (secondary N) is 3. The molecule has 0 unspecified atom stereocenters. The molecule has 1 saturated carbocycles. The summed E-state index contributed by atoms with van der Waals surface area (Å²) in [6.45, 7) is 6.00. The molecule has 5 rings (SSSR count). The average Bonchev–Trinajstić information content (AvgIpc) is 3.57. The van der Waals surface area contributed by atoms with E-state index in [9.17, 15) is 0 Å². The van der Waals surface area contributed by atoms with Gasteiger partial charge in [-0.2, -0.15) is 0 Å². The molecule has 2 aliphatic rings. The first-order valence-corrected chi connectivity index (χ1v) is 12.4. The van der Waals surface area contributed by atoms with Crippen molar-refractivity contribution in [3.8, 4) is 11.3 Å². The lowest BCUT2D eigenvalue weighted by atomic mass is 10.0. The van der Waals surface area contributed by atoms with E-state index in [1.54, 1.807) is 11.3 Å². The molecule has 2 heterocycles.